The second-order valence-corrected chi connectivity index (χ2v) is 7.92. The first kappa shape index (κ1) is 23.0. The Bertz CT molecular complexity index is 794. The van der Waals surface area contributed by atoms with Crippen LogP contribution in [-0.2, 0) is 24.2 Å². The number of guanidine groups is 1. The third kappa shape index (κ3) is 6.63. The Labute approximate surface area is 192 Å². The molecule has 1 aromatic carbocycles. The molecule has 2 heterocycles. The molecule has 0 radical (unpaired) electrons. The molecule has 0 saturated carbocycles. The fourth-order valence-electron chi connectivity index (χ4n) is 3.10. The van der Waals surface area contributed by atoms with Crippen LogP contribution in [-0.4, -0.2) is 43.4 Å². The van der Waals surface area contributed by atoms with Gasteiger partial charge in [0.25, 0.3) is 0 Å². The molecule has 0 spiro atoms. The normalized spacial score (nSPS) is 13.5. The van der Waals surface area contributed by atoms with Crippen LogP contribution >= 0.6 is 46.9 Å². The van der Waals surface area contributed by atoms with Crippen molar-refractivity contribution in [3.8, 4) is 0 Å². The maximum absolute atomic E-state index is 12.4. The van der Waals surface area contributed by atoms with Crippen LogP contribution < -0.4 is 10.6 Å². The van der Waals surface area contributed by atoms with E-state index >= 15 is 0 Å². The van der Waals surface area contributed by atoms with Crippen molar-refractivity contribution in [1.82, 2.24) is 15.5 Å². The molecule has 1 aliphatic heterocycles. The van der Waals surface area contributed by atoms with E-state index in [1.165, 1.54) is 16.0 Å². The van der Waals surface area contributed by atoms with E-state index in [-0.39, 0.29) is 29.9 Å². The summed E-state index contributed by atoms with van der Waals surface area (Å²) >= 11 is 7.69. The van der Waals surface area contributed by atoms with Crippen LogP contribution in [0.4, 0.5) is 0 Å². The Morgan fingerprint density at radius 2 is 1.96 bits per heavy atom. The summed E-state index contributed by atoms with van der Waals surface area (Å²) < 4.78 is 0. The molecule has 1 aliphatic rings. The number of hydrogen-bond acceptors (Lipinski definition) is 3. The summed E-state index contributed by atoms with van der Waals surface area (Å²) in [6.45, 7) is 2.90. The first-order chi connectivity index (χ1) is 13.2. The van der Waals surface area contributed by atoms with Gasteiger partial charge in [0.1, 0.15) is 0 Å². The second kappa shape index (κ2) is 11.6. The lowest BCUT2D eigenvalue weighted by Crippen LogP contribution is -2.41. The van der Waals surface area contributed by atoms with Gasteiger partial charge in [-0.05, 0) is 47.5 Å². The summed E-state index contributed by atoms with van der Waals surface area (Å²) in [4.78, 5) is 20.0. The van der Waals surface area contributed by atoms with Crippen molar-refractivity contribution in [2.24, 2.45) is 4.99 Å². The highest BCUT2D eigenvalue weighted by Gasteiger charge is 2.20. The molecule has 8 heteroatoms. The van der Waals surface area contributed by atoms with Gasteiger partial charge in [0.05, 0.1) is 0 Å². The highest BCUT2D eigenvalue weighted by molar-refractivity contribution is 14.0. The number of nitrogens with one attached hydrogen (secondary N) is 2. The molecule has 0 fully saturated rings. The van der Waals surface area contributed by atoms with Crippen LogP contribution in [0.1, 0.15) is 22.4 Å². The Hall–Kier alpha value is -1.32. The maximum Gasteiger partial charge on any atom is 0.224 e. The van der Waals surface area contributed by atoms with Gasteiger partial charge in [0.15, 0.2) is 5.96 Å². The number of carbonyl (C=O) groups excluding carboxylic acids is 1. The lowest BCUT2D eigenvalue weighted by atomic mass is 10.1. The number of benzene rings is 1. The number of rotatable bonds is 6. The molecule has 1 amide bonds. The van der Waals surface area contributed by atoms with Crippen molar-refractivity contribution in [2.75, 3.05) is 26.7 Å². The number of aliphatic imine (C=N–C) groups is 1. The van der Waals surface area contributed by atoms with Gasteiger partial charge in [0.2, 0.25) is 5.91 Å². The van der Waals surface area contributed by atoms with E-state index in [0.717, 1.165) is 43.5 Å². The van der Waals surface area contributed by atoms with Gasteiger partial charge in [-0.25, -0.2) is 0 Å². The maximum atomic E-state index is 12.4. The van der Waals surface area contributed by atoms with E-state index in [4.69, 9.17) is 11.6 Å². The molecular weight excluding hydrogens is 507 g/mol. The topological polar surface area (TPSA) is 56.7 Å². The van der Waals surface area contributed by atoms with Crippen molar-refractivity contribution in [1.29, 1.82) is 0 Å². The summed E-state index contributed by atoms with van der Waals surface area (Å²) in [5.41, 5.74) is 2.52. The summed E-state index contributed by atoms with van der Waals surface area (Å²) in [6.07, 6.45) is 2.32. The molecular formula is C20H26ClIN4OS. The van der Waals surface area contributed by atoms with Crippen molar-refractivity contribution < 1.29 is 4.79 Å². The minimum Gasteiger partial charge on any atom is -0.356 e. The highest BCUT2D eigenvalue weighted by Crippen LogP contribution is 2.24. The fourth-order valence-corrected chi connectivity index (χ4v) is 4.12. The number of nitrogens with zero attached hydrogens (tertiary/aromatic N) is 2. The average molecular weight is 533 g/mol. The molecule has 3 rings (SSSR count). The van der Waals surface area contributed by atoms with Crippen molar-refractivity contribution in [3.63, 3.8) is 0 Å². The zero-order chi connectivity index (χ0) is 19.1. The van der Waals surface area contributed by atoms with E-state index < -0.39 is 0 Å². The van der Waals surface area contributed by atoms with Gasteiger partial charge < -0.3 is 15.5 Å². The van der Waals surface area contributed by atoms with Gasteiger partial charge in [-0.3, -0.25) is 9.79 Å². The quantitative estimate of drug-likeness (QED) is 0.339. The molecule has 0 saturated heterocycles. The standard InChI is InChI=1S/C20H25ClN4OS.HI/c1-22-20(23-10-6-15-2-4-17(21)5-3-15)24-11-7-19(26)25-12-8-18-16(14-25)9-13-27-18;/h2-5,9,13H,6-8,10-12,14H2,1H3,(H2,22,23,24);1H. The molecule has 152 valence electrons. The molecule has 0 atom stereocenters. The lowest BCUT2D eigenvalue weighted by Gasteiger charge is -2.27. The molecule has 2 N–H and O–H groups in total. The predicted molar refractivity (Wildman–Crippen MR) is 128 cm³/mol. The largest absolute Gasteiger partial charge is 0.356 e. The number of thiophene rings is 1. The first-order valence-corrected chi connectivity index (χ1v) is 10.4. The van der Waals surface area contributed by atoms with Gasteiger partial charge in [-0.2, -0.15) is 0 Å². The minimum absolute atomic E-state index is 0. The van der Waals surface area contributed by atoms with Gasteiger partial charge in [-0.15, -0.1) is 35.3 Å². The van der Waals surface area contributed by atoms with E-state index in [1.54, 1.807) is 18.4 Å². The highest BCUT2D eigenvalue weighted by atomic mass is 127. The summed E-state index contributed by atoms with van der Waals surface area (Å²) in [7, 11) is 1.74. The van der Waals surface area contributed by atoms with E-state index in [2.05, 4.69) is 27.1 Å². The molecule has 0 unspecified atom stereocenters. The van der Waals surface area contributed by atoms with Crippen molar-refractivity contribution >= 4 is 58.8 Å². The predicted octanol–water partition coefficient (Wildman–Crippen LogP) is 3.70. The van der Waals surface area contributed by atoms with E-state index in [9.17, 15) is 4.79 Å². The summed E-state index contributed by atoms with van der Waals surface area (Å²) in [6, 6.07) is 9.97. The minimum atomic E-state index is 0. The Morgan fingerprint density at radius 1 is 1.21 bits per heavy atom. The van der Waals surface area contributed by atoms with Gasteiger partial charge in [0, 0.05) is 49.5 Å². The second-order valence-electron chi connectivity index (χ2n) is 6.49. The smallest absolute Gasteiger partial charge is 0.224 e. The fraction of sp³-hybridized carbons (Fsp3) is 0.400. The number of halogens is 2. The molecule has 2 aromatic rings. The monoisotopic (exact) mass is 532 g/mol. The molecule has 1 aromatic heterocycles. The Kier molecular flexibility index (Phi) is 9.53. The SMILES string of the molecule is CN=C(NCCC(=O)N1CCc2sccc2C1)NCCc1ccc(Cl)cc1.I. The molecule has 0 aliphatic carbocycles. The van der Waals surface area contributed by atoms with Crippen molar-refractivity contribution in [2.45, 2.75) is 25.8 Å². The van der Waals surface area contributed by atoms with Crippen LogP contribution in [0.15, 0.2) is 40.7 Å². The van der Waals surface area contributed by atoms with Crippen molar-refractivity contribution in [3.05, 3.63) is 56.7 Å². The van der Waals surface area contributed by atoms with E-state index in [0.29, 0.717) is 13.0 Å². The number of carbonyl (C=O) groups is 1. The van der Waals surface area contributed by atoms with Crippen LogP contribution in [0.5, 0.6) is 0 Å². The number of hydrogen-bond donors (Lipinski definition) is 2. The molecule has 28 heavy (non-hydrogen) atoms. The first-order valence-electron chi connectivity index (χ1n) is 9.17. The number of fused-ring (bicyclic) bond motifs is 1. The van der Waals surface area contributed by atoms with Crippen LogP contribution in [0.25, 0.3) is 0 Å². The number of amides is 1. The van der Waals surface area contributed by atoms with Gasteiger partial charge in [-0.1, -0.05) is 23.7 Å². The van der Waals surface area contributed by atoms with Crippen LogP contribution in [0.3, 0.4) is 0 Å². The van der Waals surface area contributed by atoms with E-state index in [1.807, 2.05) is 29.2 Å². The Morgan fingerprint density at radius 3 is 2.71 bits per heavy atom. The zero-order valence-corrected chi connectivity index (χ0v) is 19.8. The third-order valence-corrected chi connectivity index (χ3v) is 5.91. The van der Waals surface area contributed by atoms with Gasteiger partial charge >= 0.3 is 0 Å². The third-order valence-electron chi connectivity index (χ3n) is 4.63. The Balaban J connectivity index is 0.00000280. The molecule has 5 nitrogen and oxygen atoms in total. The van der Waals surface area contributed by atoms with Crippen LogP contribution in [0.2, 0.25) is 5.02 Å². The zero-order valence-electron chi connectivity index (χ0n) is 15.9. The summed E-state index contributed by atoms with van der Waals surface area (Å²) in [5.74, 6) is 0.909. The summed E-state index contributed by atoms with van der Waals surface area (Å²) in [5, 5.41) is 9.36. The lowest BCUT2D eigenvalue weighted by molar-refractivity contribution is -0.131. The molecule has 0 bridgehead atoms. The van der Waals surface area contributed by atoms with Crippen LogP contribution in [0, 0.1) is 0 Å². The average Bonchev–Trinajstić information content (AvgIpc) is 3.16.